The van der Waals surface area contributed by atoms with Gasteiger partial charge in [-0.15, -0.1) is 0 Å². The van der Waals surface area contributed by atoms with Crippen LogP contribution in [-0.2, 0) is 19.0 Å². The normalized spacial score (nSPS) is 25.0. The van der Waals surface area contributed by atoms with Crippen LogP contribution < -0.4 is 0 Å². The fraction of sp³-hybridized carbons (Fsp3) is 0.519. The molecule has 172 valence electrons. The van der Waals surface area contributed by atoms with E-state index in [4.69, 9.17) is 14.2 Å². The Morgan fingerprint density at radius 3 is 2.97 bits per heavy atom. The summed E-state index contributed by atoms with van der Waals surface area (Å²) in [5.74, 6) is 0.595. The van der Waals surface area contributed by atoms with Crippen LogP contribution in [0.5, 0.6) is 0 Å². The lowest BCUT2D eigenvalue weighted by Gasteiger charge is -2.32. The molecule has 0 bridgehead atoms. The first-order chi connectivity index (χ1) is 15.7. The maximum Gasteiger partial charge on any atom is 0.305 e. The number of nitrogens with zero attached hydrogens (tertiary/aromatic N) is 1. The molecule has 0 aromatic carbocycles. The first kappa shape index (κ1) is 22.8. The Morgan fingerprint density at radius 1 is 1.25 bits per heavy atom. The topological polar surface area (TPSA) is 48.0 Å². The summed E-state index contributed by atoms with van der Waals surface area (Å²) in [6.07, 6.45) is 22.8. The van der Waals surface area contributed by atoms with E-state index in [9.17, 15) is 4.79 Å². The summed E-state index contributed by atoms with van der Waals surface area (Å²) in [4.78, 5) is 14.2. The lowest BCUT2D eigenvalue weighted by Crippen LogP contribution is -2.34. The van der Waals surface area contributed by atoms with Gasteiger partial charge in [-0.2, -0.15) is 0 Å². The van der Waals surface area contributed by atoms with Gasteiger partial charge in [0.2, 0.25) is 0 Å². The van der Waals surface area contributed by atoms with Crippen molar-refractivity contribution >= 4 is 5.97 Å². The lowest BCUT2D eigenvalue weighted by molar-refractivity contribution is -0.143. The Bertz CT molecular complexity index is 853. The average Bonchev–Trinajstić information content (AvgIpc) is 2.80. The molecule has 2 aliphatic carbocycles. The van der Waals surface area contributed by atoms with Crippen LogP contribution in [-0.4, -0.2) is 50.0 Å². The molecule has 0 saturated carbocycles. The molecule has 1 atom stereocenters. The van der Waals surface area contributed by atoms with Gasteiger partial charge in [-0.25, -0.2) is 0 Å². The van der Waals surface area contributed by atoms with Gasteiger partial charge in [-0.05, 0) is 74.8 Å². The van der Waals surface area contributed by atoms with Gasteiger partial charge in [-0.1, -0.05) is 42.5 Å². The number of ether oxygens (including phenoxy) is 3. The van der Waals surface area contributed by atoms with Gasteiger partial charge in [-0.3, -0.25) is 4.79 Å². The number of carbonyl (C=O) groups excluding carboxylic acids is 1. The molecule has 32 heavy (non-hydrogen) atoms. The van der Waals surface area contributed by atoms with Crippen LogP contribution in [0, 0.1) is 5.92 Å². The van der Waals surface area contributed by atoms with Crippen LogP contribution >= 0.6 is 0 Å². The van der Waals surface area contributed by atoms with Crippen LogP contribution in [0.25, 0.3) is 0 Å². The van der Waals surface area contributed by atoms with Crippen LogP contribution in [0.2, 0.25) is 0 Å². The van der Waals surface area contributed by atoms with Crippen LogP contribution in [0.3, 0.4) is 0 Å². The van der Waals surface area contributed by atoms with Crippen molar-refractivity contribution in [3.05, 3.63) is 71.1 Å². The van der Waals surface area contributed by atoms with Crippen molar-refractivity contribution in [3.8, 4) is 0 Å². The van der Waals surface area contributed by atoms with Gasteiger partial charge in [0.15, 0.2) is 6.79 Å². The second-order valence-electron chi connectivity index (χ2n) is 8.77. The SMILES string of the molecule is CCOC(=O)CCC1CCN(CCC=C2CC=CC3=COCOC4C=CC=CC4=C32)CC1. The quantitative estimate of drug-likeness (QED) is 0.525. The van der Waals surface area contributed by atoms with Gasteiger partial charge < -0.3 is 19.1 Å². The number of esters is 1. The molecule has 0 aromatic heterocycles. The summed E-state index contributed by atoms with van der Waals surface area (Å²) in [5.41, 5.74) is 4.97. The van der Waals surface area contributed by atoms with Crippen molar-refractivity contribution in [3.63, 3.8) is 0 Å². The Labute approximate surface area is 191 Å². The molecule has 5 nitrogen and oxygen atoms in total. The fourth-order valence-electron chi connectivity index (χ4n) is 4.92. The summed E-state index contributed by atoms with van der Waals surface area (Å²) < 4.78 is 16.6. The molecule has 0 spiro atoms. The molecule has 1 unspecified atom stereocenters. The zero-order chi connectivity index (χ0) is 22.2. The number of hydrogen-bond acceptors (Lipinski definition) is 5. The third kappa shape index (κ3) is 5.90. The summed E-state index contributed by atoms with van der Waals surface area (Å²) in [6, 6.07) is 0. The van der Waals surface area contributed by atoms with Gasteiger partial charge >= 0.3 is 5.97 Å². The maximum absolute atomic E-state index is 11.6. The van der Waals surface area contributed by atoms with Gasteiger partial charge in [0.25, 0.3) is 0 Å². The molecule has 2 heterocycles. The van der Waals surface area contributed by atoms with E-state index in [0.717, 1.165) is 44.5 Å². The maximum atomic E-state index is 11.6. The lowest BCUT2D eigenvalue weighted by atomic mass is 9.83. The van der Waals surface area contributed by atoms with Gasteiger partial charge in [0, 0.05) is 18.5 Å². The Hall–Kier alpha value is -2.37. The van der Waals surface area contributed by atoms with E-state index in [1.807, 2.05) is 19.3 Å². The summed E-state index contributed by atoms with van der Waals surface area (Å²) >= 11 is 0. The number of hydrogen-bond donors (Lipinski definition) is 0. The predicted octanol–water partition coefficient (Wildman–Crippen LogP) is 5.00. The van der Waals surface area contributed by atoms with E-state index >= 15 is 0 Å². The van der Waals surface area contributed by atoms with E-state index < -0.39 is 0 Å². The third-order valence-corrected chi connectivity index (χ3v) is 6.64. The minimum Gasteiger partial charge on any atom is -0.474 e. The smallest absolute Gasteiger partial charge is 0.305 e. The second kappa shape index (κ2) is 11.5. The molecule has 1 fully saturated rings. The van der Waals surface area contributed by atoms with Crippen molar-refractivity contribution in [1.82, 2.24) is 4.90 Å². The number of fused-ring (bicyclic) bond motifs is 2. The number of carbonyl (C=O) groups is 1. The fourth-order valence-corrected chi connectivity index (χ4v) is 4.92. The van der Waals surface area contributed by atoms with E-state index in [1.54, 1.807) is 0 Å². The monoisotopic (exact) mass is 437 g/mol. The molecule has 5 heteroatoms. The molecule has 0 N–H and O–H groups in total. The largest absolute Gasteiger partial charge is 0.474 e. The molecular weight excluding hydrogens is 402 g/mol. The van der Waals surface area contributed by atoms with Crippen molar-refractivity contribution in [2.75, 3.05) is 33.0 Å². The van der Waals surface area contributed by atoms with Crippen LogP contribution in [0.4, 0.5) is 0 Å². The number of rotatable bonds is 7. The van der Waals surface area contributed by atoms with E-state index in [2.05, 4.69) is 41.4 Å². The highest BCUT2D eigenvalue weighted by atomic mass is 16.7. The van der Waals surface area contributed by atoms with E-state index in [0.29, 0.717) is 18.9 Å². The van der Waals surface area contributed by atoms with Crippen molar-refractivity contribution in [2.45, 2.75) is 51.6 Å². The molecule has 2 aliphatic heterocycles. The Morgan fingerprint density at radius 2 is 2.12 bits per heavy atom. The average molecular weight is 438 g/mol. The predicted molar refractivity (Wildman–Crippen MR) is 126 cm³/mol. The highest BCUT2D eigenvalue weighted by molar-refractivity contribution is 5.69. The Kier molecular flexibility index (Phi) is 8.18. The van der Waals surface area contributed by atoms with E-state index in [1.165, 1.54) is 29.6 Å². The number of allylic oxidation sites excluding steroid dienone is 7. The molecule has 0 amide bonds. The molecule has 4 rings (SSSR count). The van der Waals surface area contributed by atoms with Gasteiger partial charge in [0.1, 0.15) is 6.10 Å². The summed E-state index contributed by atoms with van der Waals surface area (Å²) in [6.45, 7) is 5.92. The molecule has 0 aromatic rings. The minimum absolute atomic E-state index is 0.0533. The highest BCUT2D eigenvalue weighted by Gasteiger charge is 2.25. The second-order valence-corrected chi connectivity index (χ2v) is 8.77. The minimum atomic E-state index is -0.0535. The standard InChI is InChI=1S/C27H35NO4/c1-2-31-26(29)13-12-21-14-17-28(18-15-21)16-6-9-22-7-5-8-23-19-30-20-32-25-11-4-3-10-24(25)27(22)23/h3-5,8-11,19,21,25H,2,6-7,12-18,20H2,1H3. The molecule has 4 aliphatic rings. The van der Waals surface area contributed by atoms with Crippen molar-refractivity contribution < 1.29 is 19.0 Å². The van der Waals surface area contributed by atoms with E-state index in [-0.39, 0.29) is 18.9 Å². The first-order valence-corrected chi connectivity index (χ1v) is 12.0. The Balaban J connectivity index is 1.33. The van der Waals surface area contributed by atoms with Crippen molar-refractivity contribution in [1.29, 1.82) is 0 Å². The van der Waals surface area contributed by atoms with Crippen LogP contribution in [0.15, 0.2) is 71.1 Å². The van der Waals surface area contributed by atoms with Gasteiger partial charge in [0.05, 0.1) is 12.9 Å². The third-order valence-electron chi connectivity index (χ3n) is 6.64. The van der Waals surface area contributed by atoms with Crippen LogP contribution in [0.1, 0.15) is 45.4 Å². The first-order valence-electron chi connectivity index (χ1n) is 12.0. The summed E-state index contributed by atoms with van der Waals surface area (Å²) in [7, 11) is 0. The summed E-state index contributed by atoms with van der Waals surface area (Å²) in [5, 5.41) is 0. The molecule has 1 saturated heterocycles. The zero-order valence-corrected chi connectivity index (χ0v) is 19.1. The number of likely N-dealkylation sites (tertiary alicyclic amines) is 1. The van der Waals surface area contributed by atoms with Crippen molar-refractivity contribution in [2.24, 2.45) is 5.92 Å². The highest BCUT2D eigenvalue weighted by Crippen LogP contribution is 2.36. The number of piperidine rings is 1. The zero-order valence-electron chi connectivity index (χ0n) is 19.1. The molecule has 0 radical (unpaired) electrons. The molecular formula is C27H35NO4.